The molecule has 0 aromatic carbocycles. The van der Waals surface area contributed by atoms with Crippen molar-refractivity contribution in [2.45, 2.75) is 30.5 Å². The lowest BCUT2D eigenvalue weighted by Gasteiger charge is -2.49. The Morgan fingerprint density at radius 3 is 2.76 bits per heavy atom. The normalized spacial score (nSPS) is 23.3. The smallest absolute Gasteiger partial charge is 0.352 e. The number of carbonyl (C=O) groups excluding carboxylic acids is 3. The average molecular weight is 545 g/mol. The number of hydrogen-bond donors (Lipinski definition) is 4. The van der Waals surface area contributed by atoms with E-state index in [2.05, 4.69) is 20.8 Å². The van der Waals surface area contributed by atoms with Crippen LogP contribution in [0, 0.1) is 0 Å². The molecular formula is C22H22N7O6S2+. The quantitative estimate of drug-likeness (QED) is 0.141. The fourth-order valence-electron chi connectivity index (χ4n) is 4.16. The van der Waals surface area contributed by atoms with E-state index in [4.69, 9.17) is 10.6 Å². The number of nitrogens with zero attached hydrogens (tertiary/aromatic N) is 4. The Labute approximate surface area is 218 Å². The molecule has 2 aromatic heterocycles. The molecule has 3 amide bonds. The van der Waals surface area contributed by atoms with Crippen molar-refractivity contribution in [1.29, 1.82) is 0 Å². The fourth-order valence-corrected chi connectivity index (χ4v) is 6.05. The van der Waals surface area contributed by atoms with E-state index >= 15 is 0 Å². The van der Waals surface area contributed by atoms with Gasteiger partial charge in [-0.2, -0.15) is 0 Å². The number of nitrogens with two attached hydrogens (primary N) is 1. The Bertz CT molecular complexity index is 1330. The van der Waals surface area contributed by atoms with Crippen LogP contribution in [0.1, 0.15) is 12.1 Å². The number of fused-ring (bicyclic) bond motifs is 1. The van der Waals surface area contributed by atoms with E-state index in [1.165, 1.54) is 22.0 Å². The Morgan fingerprint density at radius 1 is 1.32 bits per heavy atom. The van der Waals surface area contributed by atoms with Gasteiger partial charge in [0.1, 0.15) is 22.8 Å². The van der Waals surface area contributed by atoms with Gasteiger partial charge in [0.2, 0.25) is 6.10 Å². The van der Waals surface area contributed by atoms with Gasteiger partial charge in [-0.15, -0.1) is 23.1 Å². The highest BCUT2D eigenvalue weighted by atomic mass is 32.2. The topological polar surface area (TPSA) is 180 Å². The Balaban J connectivity index is 1.34. The number of pyridine rings is 1. The lowest BCUT2D eigenvalue weighted by Crippen LogP contribution is -2.71. The third kappa shape index (κ3) is 4.86. The molecular weight excluding hydrogens is 522 g/mol. The zero-order valence-corrected chi connectivity index (χ0v) is 20.8. The molecule has 1 unspecified atom stereocenters. The summed E-state index contributed by atoms with van der Waals surface area (Å²) < 4.78 is 1.83. The van der Waals surface area contributed by atoms with E-state index in [0.29, 0.717) is 30.8 Å². The Morgan fingerprint density at radius 2 is 2.11 bits per heavy atom. The molecule has 3 atom stereocenters. The highest BCUT2D eigenvalue weighted by Crippen LogP contribution is 2.40. The van der Waals surface area contributed by atoms with E-state index in [1.807, 2.05) is 35.2 Å². The SMILES string of the molecule is Nc1nc(C(=NOC2CCNC2=O)C(=O)N[C@@H]2C(=O)N3C(C(=O)O)=C(C[n+]4ccccc4)CS[C@@H]23)cs1. The number of carboxylic acid groups (broad SMARTS) is 1. The third-order valence-electron chi connectivity index (χ3n) is 5.94. The average Bonchev–Trinajstić information content (AvgIpc) is 3.50. The predicted octanol–water partition coefficient (Wildman–Crippen LogP) is -0.939. The summed E-state index contributed by atoms with van der Waals surface area (Å²) in [7, 11) is 0. The van der Waals surface area contributed by atoms with Crippen LogP contribution in [0.3, 0.4) is 0 Å². The molecule has 2 saturated heterocycles. The van der Waals surface area contributed by atoms with Crippen molar-refractivity contribution in [3.63, 3.8) is 0 Å². The highest BCUT2D eigenvalue weighted by Gasteiger charge is 2.54. The standard InChI is InChI=1S/C22H21N7O6S2/c23-22-25-12(10-37-22)14(27-35-13-4-5-24-17(13)30)18(31)26-15-19(32)29-16(21(33)34)11(9-36-20(15)29)8-28-6-2-1-3-7-28/h1-3,6-7,10,13,15,20H,4-5,8-9H2,(H4-,23,24,25,26,30,31,33,34)/p+1/t13?,15-,20+/m1/s1. The molecule has 3 aliphatic rings. The lowest BCUT2D eigenvalue weighted by atomic mass is 10.0. The summed E-state index contributed by atoms with van der Waals surface area (Å²) >= 11 is 2.45. The number of β-lactam (4-membered cyclic amide) rings is 1. The van der Waals surface area contributed by atoms with Crippen LogP contribution >= 0.6 is 23.1 Å². The maximum absolute atomic E-state index is 13.2. The summed E-state index contributed by atoms with van der Waals surface area (Å²) in [5, 5.41) is 20.1. The zero-order valence-electron chi connectivity index (χ0n) is 19.2. The summed E-state index contributed by atoms with van der Waals surface area (Å²) in [6, 6.07) is 4.54. The van der Waals surface area contributed by atoms with Gasteiger partial charge in [-0.3, -0.25) is 19.3 Å². The molecule has 0 saturated carbocycles. The van der Waals surface area contributed by atoms with Crippen LogP contribution in [0.25, 0.3) is 0 Å². The van der Waals surface area contributed by atoms with E-state index in [1.54, 1.807) is 0 Å². The zero-order chi connectivity index (χ0) is 26.1. The van der Waals surface area contributed by atoms with Crippen LogP contribution in [-0.2, 0) is 30.6 Å². The largest absolute Gasteiger partial charge is 0.477 e. The minimum absolute atomic E-state index is 0.0765. The molecule has 5 N–H and O–H groups in total. The first-order chi connectivity index (χ1) is 17.8. The number of carbonyl (C=O) groups is 4. The van der Waals surface area contributed by atoms with Gasteiger partial charge in [0, 0.05) is 41.8 Å². The minimum atomic E-state index is -1.21. The van der Waals surface area contributed by atoms with Gasteiger partial charge >= 0.3 is 5.97 Å². The van der Waals surface area contributed by atoms with E-state index < -0.39 is 35.3 Å². The number of aliphatic carboxylic acids is 1. The van der Waals surface area contributed by atoms with Crippen molar-refractivity contribution in [1.82, 2.24) is 20.5 Å². The van der Waals surface area contributed by atoms with Crippen molar-refractivity contribution in [2.24, 2.45) is 5.16 Å². The van der Waals surface area contributed by atoms with Crippen LogP contribution in [0.15, 0.2) is 52.4 Å². The number of amides is 3. The maximum atomic E-state index is 13.2. The number of nitrogens with one attached hydrogen (secondary N) is 2. The molecule has 37 heavy (non-hydrogen) atoms. The molecule has 0 radical (unpaired) electrons. The minimum Gasteiger partial charge on any atom is -0.477 e. The van der Waals surface area contributed by atoms with Gasteiger partial charge in [0.25, 0.3) is 17.7 Å². The third-order valence-corrected chi connectivity index (χ3v) is 7.95. The summed E-state index contributed by atoms with van der Waals surface area (Å²) in [5.41, 5.74) is 6.11. The number of rotatable bonds is 8. The van der Waals surface area contributed by atoms with Gasteiger partial charge in [-0.1, -0.05) is 11.2 Å². The van der Waals surface area contributed by atoms with Crippen LogP contribution in [0.4, 0.5) is 5.13 Å². The molecule has 2 aromatic rings. The van der Waals surface area contributed by atoms with E-state index in [9.17, 15) is 24.3 Å². The summed E-state index contributed by atoms with van der Waals surface area (Å²) in [6.45, 7) is 0.747. The van der Waals surface area contributed by atoms with E-state index in [-0.39, 0.29) is 28.1 Å². The molecule has 0 bridgehead atoms. The van der Waals surface area contributed by atoms with Gasteiger partial charge in [0.15, 0.2) is 29.8 Å². The molecule has 0 spiro atoms. The molecule has 3 aliphatic heterocycles. The van der Waals surface area contributed by atoms with Gasteiger partial charge < -0.3 is 26.3 Å². The molecule has 0 aliphatic carbocycles. The summed E-state index contributed by atoms with van der Waals surface area (Å²) in [6.07, 6.45) is 3.16. The Kier molecular flexibility index (Phi) is 6.80. The number of hydrogen-bond acceptors (Lipinski definition) is 10. The first-order valence-electron chi connectivity index (χ1n) is 11.2. The first-order valence-corrected chi connectivity index (χ1v) is 13.1. The van der Waals surface area contributed by atoms with Gasteiger partial charge in [-0.25, -0.2) is 14.3 Å². The second kappa shape index (κ2) is 10.2. The van der Waals surface area contributed by atoms with Crippen molar-refractivity contribution < 1.29 is 33.7 Å². The molecule has 5 heterocycles. The number of oxime groups is 1. The number of anilines is 1. The Hall–Kier alpha value is -3.98. The molecule has 15 heteroatoms. The molecule has 2 fully saturated rings. The lowest BCUT2D eigenvalue weighted by molar-refractivity contribution is -0.689. The number of carboxylic acids is 1. The predicted molar refractivity (Wildman–Crippen MR) is 132 cm³/mol. The van der Waals surface area contributed by atoms with Crippen molar-refractivity contribution in [2.75, 3.05) is 18.0 Å². The second-order valence-corrected chi connectivity index (χ2v) is 10.3. The number of nitrogen functional groups attached to an aromatic ring is 1. The van der Waals surface area contributed by atoms with Crippen molar-refractivity contribution >= 4 is 57.6 Å². The van der Waals surface area contributed by atoms with Crippen LogP contribution in [0.5, 0.6) is 0 Å². The van der Waals surface area contributed by atoms with Gasteiger partial charge in [-0.05, 0) is 0 Å². The monoisotopic (exact) mass is 544 g/mol. The molecule has 5 rings (SSSR count). The van der Waals surface area contributed by atoms with Crippen molar-refractivity contribution in [3.05, 3.63) is 52.9 Å². The number of thiazole rings is 1. The van der Waals surface area contributed by atoms with Crippen LogP contribution in [0.2, 0.25) is 0 Å². The summed E-state index contributed by atoms with van der Waals surface area (Å²) in [4.78, 5) is 60.7. The summed E-state index contributed by atoms with van der Waals surface area (Å²) in [5.74, 6) is -2.49. The highest BCUT2D eigenvalue weighted by molar-refractivity contribution is 8.00. The molecule has 13 nitrogen and oxygen atoms in total. The van der Waals surface area contributed by atoms with Crippen molar-refractivity contribution in [3.8, 4) is 0 Å². The first kappa shape index (κ1) is 24.7. The number of thioether (sulfide) groups is 1. The van der Waals surface area contributed by atoms with E-state index in [0.717, 1.165) is 11.3 Å². The maximum Gasteiger partial charge on any atom is 0.352 e. The fraction of sp³-hybridized carbons (Fsp3) is 0.318. The van der Waals surface area contributed by atoms with Crippen LogP contribution in [-0.4, -0.2) is 74.2 Å². The van der Waals surface area contributed by atoms with Gasteiger partial charge in [0.05, 0.1) is 0 Å². The second-order valence-electron chi connectivity index (χ2n) is 8.35. The molecule has 192 valence electrons. The van der Waals surface area contributed by atoms with Crippen LogP contribution < -0.4 is 20.9 Å². The number of aromatic nitrogens is 2.